The van der Waals surface area contributed by atoms with Crippen LogP contribution in [0.15, 0.2) is 44.7 Å². The number of hydrogen-bond donors (Lipinski definition) is 2. The number of aromatic nitrogens is 2. The number of nitrogens with one attached hydrogen (secondary N) is 1. The molecule has 21 heavy (non-hydrogen) atoms. The van der Waals surface area contributed by atoms with E-state index >= 15 is 0 Å². The van der Waals surface area contributed by atoms with E-state index in [0.29, 0.717) is 17.5 Å². The van der Waals surface area contributed by atoms with E-state index in [1.165, 1.54) is 6.21 Å². The van der Waals surface area contributed by atoms with Crippen molar-refractivity contribution in [3.05, 3.63) is 57.7 Å². The quantitative estimate of drug-likeness (QED) is 0.569. The fourth-order valence-electron chi connectivity index (χ4n) is 2.03. The average molecular weight is 283 g/mol. The fraction of sp³-hybridized carbons (Fsp3) is 0.133. The van der Waals surface area contributed by atoms with Crippen LogP contribution in [0.2, 0.25) is 0 Å². The maximum absolute atomic E-state index is 11.9. The lowest BCUT2D eigenvalue weighted by molar-refractivity contribution is 0.466. The third kappa shape index (κ3) is 2.43. The number of aromatic hydroxyl groups is 1. The van der Waals surface area contributed by atoms with Gasteiger partial charge in [0.15, 0.2) is 0 Å². The molecule has 6 nitrogen and oxygen atoms in total. The van der Waals surface area contributed by atoms with Gasteiger partial charge in [-0.1, -0.05) is 12.1 Å². The van der Waals surface area contributed by atoms with Gasteiger partial charge in [0.1, 0.15) is 16.9 Å². The van der Waals surface area contributed by atoms with Gasteiger partial charge in [-0.15, -0.1) is 0 Å². The second kappa shape index (κ2) is 5.24. The summed E-state index contributed by atoms with van der Waals surface area (Å²) in [5.74, 6) is -0.116. The molecule has 6 heteroatoms. The molecule has 2 heterocycles. The van der Waals surface area contributed by atoms with Gasteiger partial charge in [-0.2, -0.15) is 5.10 Å². The van der Waals surface area contributed by atoms with Crippen LogP contribution in [-0.2, 0) is 6.54 Å². The molecule has 1 aromatic carbocycles. The van der Waals surface area contributed by atoms with E-state index in [-0.39, 0.29) is 11.3 Å². The predicted molar refractivity (Wildman–Crippen MR) is 78.8 cm³/mol. The van der Waals surface area contributed by atoms with Crippen LogP contribution in [-0.4, -0.2) is 21.5 Å². The maximum atomic E-state index is 11.9. The average Bonchev–Trinajstić information content (AvgIpc) is 2.88. The summed E-state index contributed by atoms with van der Waals surface area (Å²) in [6, 6.07) is 6.81. The number of aromatic amines is 1. The minimum Gasteiger partial charge on any atom is -0.506 e. The van der Waals surface area contributed by atoms with Crippen LogP contribution < -0.4 is 5.63 Å². The molecule has 3 rings (SSSR count). The van der Waals surface area contributed by atoms with Gasteiger partial charge in [-0.25, -0.2) is 4.79 Å². The lowest BCUT2D eigenvalue weighted by Gasteiger charge is -2.02. The summed E-state index contributed by atoms with van der Waals surface area (Å²) in [4.78, 5) is 16.0. The topological polar surface area (TPSA) is 91.5 Å². The van der Waals surface area contributed by atoms with Crippen molar-refractivity contribution >= 4 is 17.2 Å². The van der Waals surface area contributed by atoms with Crippen LogP contribution in [0.4, 0.5) is 0 Å². The normalized spacial score (nSPS) is 11.5. The first-order valence-corrected chi connectivity index (χ1v) is 6.40. The molecule has 0 fully saturated rings. The van der Waals surface area contributed by atoms with Gasteiger partial charge in [0, 0.05) is 17.5 Å². The minimum atomic E-state index is -0.612. The van der Waals surface area contributed by atoms with Crippen molar-refractivity contribution in [1.82, 2.24) is 10.2 Å². The molecule has 0 bridgehead atoms. The number of benzene rings is 1. The van der Waals surface area contributed by atoms with Crippen LogP contribution in [0, 0.1) is 6.92 Å². The number of H-pyrrole nitrogens is 1. The Labute approximate surface area is 119 Å². The lowest BCUT2D eigenvalue weighted by Crippen LogP contribution is -2.07. The third-order valence-electron chi connectivity index (χ3n) is 3.24. The molecule has 3 aromatic rings. The highest BCUT2D eigenvalue weighted by atomic mass is 16.4. The molecule has 0 aliphatic carbocycles. The van der Waals surface area contributed by atoms with Crippen molar-refractivity contribution in [2.45, 2.75) is 13.5 Å². The Balaban J connectivity index is 1.97. The van der Waals surface area contributed by atoms with Crippen molar-refractivity contribution in [3.63, 3.8) is 0 Å². The van der Waals surface area contributed by atoms with E-state index in [2.05, 4.69) is 15.2 Å². The zero-order valence-electron chi connectivity index (χ0n) is 11.3. The van der Waals surface area contributed by atoms with Gasteiger partial charge in [0.2, 0.25) is 0 Å². The van der Waals surface area contributed by atoms with E-state index in [0.717, 1.165) is 11.3 Å². The first-order chi connectivity index (χ1) is 10.2. The molecule has 0 saturated heterocycles. The molecule has 0 spiro atoms. The van der Waals surface area contributed by atoms with E-state index in [9.17, 15) is 9.90 Å². The predicted octanol–water partition coefficient (Wildman–Crippen LogP) is 2.15. The number of para-hydroxylation sites is 1. The molecule has 0 saturated carbocycles. The van der Waals surface area contributed by atoms with Gasteiger partial charge in [-0.05, 0) is 19.1 Å². The highest BCUT2D eigenvalue weighted by Gasteiger charge is 2.11. The second-order valence-corrected chi connectivity index (χ2v) is 4.64. The third-order valence-corrected chi connectivity index (χ3v) is 3.24. The number of aryl methyl sites for hydroxylation is 1. The Morgan fingerprint density at radius 3 is 3.00 bits per heavy atom. The Kier molecular flexibility index (Phi) is 3.27. The summed E-state index contributed by atoms with van der Waals surface area (Å²) in [5.41, 5.74) is 1.63. The largest absolute Gasteiger partial charge is 0.506 e. The zero-order valence-corrected chi connectivity index (χ0v) is 11.3. The van der Waals surface area contributed by atoms with Crippen LogP contribution >= 0.6 is 0 Å². The standard InChI is InChI=1S/C15H13N3O3/c1-9-10(7-17-18-9)6-16-8-12-14(19)11-4-2-3-5-13(11)21-15(12)20/h2-5,7-8,19H,6H2,1H3,(H,17,18). The summed E-state index contributed by atoms with van der Waals surface area (Å²) in [6.45, 7) is 2.26. The highest BCUT2D eigenvalue weighted by molar-refractivity contribution is 5.93. The SMILES string of the molecule is Cc1[nH]ncc1CN=Cc1c(O)c2ccccc2oc1=O. The van der Waals surface area contributed by atoms with E-state index < -0.39 is 5.63 Å². The Hall–Kier alpha value is -2.89. The molecule has 2 aromatic heterocycles. The number of rotatable bonds is 3. The number of hydrogen-bond acceptors (Lipinski definition) is 5. The summed E-state index contributed by atoms with van der Waals surface area (Å²) < 4.78 is 5.16. The highest BCUT2D eigenvalue weighted by Crippen LogP contribution is 2.24. The van der Waals surface area contributed by atoms with E-state index in [1.807, 2.05) is 6.92 Å². The smallest absolute Gasteiger partial charge is 0.348 e. The van der Waals surface area contributed by atoms with Gasteiger partial charge in [-0.3, -0.25) is 10.1 Å². The van der Waals surface area contributed by atoms with Crippen LogP contribution in [0.25, 0.3) is 11.0 Å². The zero-order chi connectivity index (χ0) is 14.8. The molecular weight excluding hydrogens is 270 g/mol. The molecule has 2 N–H and O–H groups in total. The number of nitrogens with zero attached hydrogens (tertiary/aromatic N) is 2. The molecule has 0 unspecified atom stereocenters. The Morgan fingerprint density at radius 2 is 2.24 bits per heavy atom. The molecule has 0 amide bonds. The Morgan fingerprint density at radius 1 is 1.43 bits per heavy atom. The van der Waals surface area contributed by atoms with Gasteiger partial charge >= 0.3 is 5.63 Å². The maximum Gasteiger partial charge on any atom is 0.348 e. The van der Waals surface area contributed by atoms with Crippen molar-refractivity contribution < 1.29 is 9.52 Å². The van der Waals surface area contributed by atoms with Crippen LogP contribution in [0.3, 0.4) is 0 Å². The summed E-state index contributed by atoms with van der Waals surface area (Å²) in [5, 5.41) is 17.4. The van der Waals surface area contributed by atoms with Crippen molar-refractivity contribution in [2.75, 3.05) is 0 Å². The summed E-state index contributed by atoms with van der Waals surface area (Å²) in [6.07, 6.45) is 3.01. The Bertz CT molecular complexity index is 877. The first kappa shape index (κ1) is 13.1. The fourth-order valence-corrected chi connectivity index (χ4v) is 2.03. The number of fused-ring (bicyclic) bond motifs is 1. The van der Waals surface area contributed by atoms with Crippen LogP contribution in [0.1, 0.15) is 16.8 Å². The number of aliphatic imine (C=N–C) groups is 1. The molecule has 0 atom stereocenters. The molecule has 0 aliphatic heterocycles. The summed E-state index contributed by atoms with van der Waals surface area (Å²) >= 11 is 0. The lowest BCUT2D eigenvalue weighted by atomic mass is 10.1. The van der Waals surface area contributed by atoms with Crippen molar-refractivity contribution in [1.29, 1.82) is 0 Å². The molecular formula is C15H13N3O3. The second-order valence-electron chi connectivity index (χ2n) is 4.64. The molecule has 0 aliphatic rings. The van der Waals surface area contributed by atoms with Crippen molar-refractivity contribution in [2.24, 2.45) is 4.99 Å². The molecule has 106 valence electrons. The van der Waals surface area contributed by atoms with Gasteiger partial charge in [0.25, 0.3) is 0 Å². The minimum absolute atomic E-state index is 0.0508. The monoisotopic (exact) mass is 283 g/mol. The molecule has 0 radical (unpaired) electrons. The summed E-state index contributed by atoms with van der Waals surface area (Å²) in [7, 11) is 0. The van der Waals surface area contributed by atoms with Gasteiger partial charge in [0.05, 0.1) is 18.1 Å². The van der Waals surface area contributed by atoms with Crippen LogP contribution in [0.5, 0.6) is 5.75 Å². The first-order valence-electron chi connectivity index (χ1n) is 6.40. The van der Waals surface area contributed by atoms with E-state index in [4.69, 9.17) is 4.42 Å². The van der Waals surface area contributed by atoms with Gasteiger partial charge < -0.3 is 9.52 Å². The van der Waals surface area contributed by atoms with Crippen molar-refractivity contribution in [3.8, 4) is 5.75 Å². The van der Waals surface area contributed by atoms with E-state index in [1.54, 1.807) is 30.5 Å².